The summed E-state index contributed by atoms with van der Waals surface area (Å²) in [6.07, 6.45) is -0.0000871. The topological polar surface area (TPSA) is 55.8 Å². The van der Waals surface area contributed by atoms with Crippen LogP contribution in [0, 0.1) is 0 Å². The zero-order valence-electron chi connectivity index (χ0n) is 17.4. The van der Waals surface area contributed by atoms with Gasteiger partial charge in [0.15, 0.2) is 0 Å². The largest absolute Gasteiger partial charge is 0.489 e. The molecule has 5 nitrogen and oxygen atoms in total. The maximum Gasteiger partial charge on any atom is 0.417 e. The SMILES string of the molecule is C[C@H](C(=O)N1C(=O)OC[C@@H]1Cc1ccccc1)c1cccc(OCc2ccccc2)c1. The first kappa shape index (κ1) is 20.7. The number of hydrogen-bond donors (Lipinski definition) is 0. The molecular formula is C26H25NO4. The predicted molar refractivity (Wildman–Crippen MR) is 118 cm³/mol. The highest BCUT2D eigenvalue weighted by Crippen LogP contribution is 2.27. The number of carbonyl (C=O) groups excluding carboxylic acids is 2. The van der Waals surface area contributed by atoms with Crippen molar-refractivity contribution in [1.29, 1.82) is 0 Å². The highest BCUT2D eigenvalue weighted by Gasteiger charge is 2.40. The van der Waals surface area contributed by atoms with Gasteiger partial charge in [0.2, 0.25) is 5.91 Å². The summed E-state index contributed by atoms with van der Waals surface area (Å²) in [4.78, 5) is 26.8. The van der Waals surface area contributed by atoms with Gasteiger partial charge >= 0.3 is 6.09 Å². The quantitative estimate of drug-likeness (QED) is 0.547. The number of carbonyl (C=O) groups is 2. The fraction of sp³-hybridized carbons (Fsp3) is 0.231. The lowest BCUT2D eigenvalue weighted by atomic mass is 9.98. The third-order valence-electron chi connectivity index (χ3n) is 5.49. The lowest BCUT2D eigenvalue weighted by Crippen LogP contribution is -2.42. The van der Waals surface area contributed by atoms with Crippen LogP contribution in [0.3, 0.4) is 0 Å². The molecule has 31 heavy (non-hydrogen) atoms. The first-order valence-corrected chi connectivity index (χ1v) is 10.4. The monoisotopic (exact) mass is 415 g/mol. The second-order valence-corrected chi connectivity index (χ2v) is 7.70. The minimum atomic E-state index is -0.575. The van der Waals surface area contributed by atoms with Gasteiger partial charge in [-0.3, -0.25) is 4.79 Å². The summed E-state index contributed by atoms with van der Waals surface area (Å²) in [5.41, 5.74) is 2.93. The Morgan fingerprint density at radius 2 is 1.68 bits per heavy atom. The number of nitrogens with zero attached hydrogens (tertiary/aromatic N) is 1. The Labute approximate surface area is 182 Å². The molecule has 3 aromatic rings. The Kier molecular flexibility index (Phi) is 6.32. The molecule has 0 bridgehead atoms. The molecule has 2 amide bonds. The summed E-state index contributed by atoms with van der Waals surface area (Å²) in [6, 6.07) is 26.9. The predicted octanol–water partition coefficient (Wildman–Crippen LogP) is 4.96. The third-order valence-corrected chi connectivity index (χ3v) is 5.49. The van der Waals surface area contributed by atoms with E-state index in [1.54, 1.807) is 0 Å². The molecule has 0 radical (unpaired) electrons. The molecule has 1 aliphatic heterocycles. The lowest BCUT2D eigenvalue weighted by molar-refractivity contribution is -0.130. The van der Waals surface area contributed by atoms with Gasteiger partial charge < -0.3 is 9.47 Å². The highest BCUT2D eigenvalue weighted by molar-refractivity contribution is 5.97. The van der Waals surface area contributed by atoms with Gasteiger partial charge in [0, 0.05) is 0 Å². The van der Waals surface area contributed by atoms with E-state index in [9.17, 15) is 9.59 Å². The molecule has 0 N–H and O–H groups in total. The van der Waals surface area contributed by atoms with Gasteiger partial charge in [0.1, 0.15) is 19.0 Å². The van der Waals surface area contributed by atoms with Crippen LogP contribution in [-0.4, -0.2) is 29.5 Å². The van der Waals surface area contributed by atoms with Crippen molar-refractivity contribution in [3.8, 4) is 5.75 Å². The van der Waals surface area contributed by atoms with Crippen LogP contribution in [0.15, 0.2) is 84.9 Å². The van der Waals surface area contributed by atoms with Gasteiger partial charge in [-0.2, -0.15) is 0 Å². The molecule has 0 aromatic heterocycles. The smallest absolute Gasteiger partial charge is 0.417 e. The molecular weight excluding hydrogens is 390 g/mol. The molecule has 5 heteroatoms. The minimum Gasteiger partial charge on any atom is -0.489 e. The van der Waals surface area contributed by atoms with Crippen molar-refractivity contribution in [2.24, 2.45) is 0 Å². The molecule has 1 fully saturated rings. The van der Waals surface area contributed by atoms with Crippen LogP contribution in [0.4, 0.5) is 4.79 Å². The zero-order valence-corrected chi connectivity index (χ0v) is 17.4. The Balaban J connectivity index is 1.45. The average molecular weight is 415 g/mol. The molecule has 3 aromatic carbocycles. The van der Waals surface area contributed by atoms with E-state index in [-0.39, 0.29) is 18.6 Å². The Morgan fingerprint density at radius 1 is 1.00 bits per heavy atom. The molecule has 0 spiro atoms. The fourth-order valence-electron chi connectivity index (χ4n) is 3.73. The van der Waals surface area contributed by atoms with Crippen LogP contribution in [0.25, 0.3) is 0 Å². The summed E-state index contributed by atoms with van der Waals surface area (Å²) in [7, 11) is 0. The van der Waals surface area contributed by atoms with E-state index in [1.165, 1.54) is 4.90 Å². The molecule has 1 heterocycles. The van der Waals surface area contributed by atoms with E-state index in [2.05, 4.69) is 0 Å². The third kappa shape index (κ3) is 4.94. The van der Waals surface area contributed by atoms with Gasteiger partial charge in [-0.05, 0) is 42.2 Å². The standard InChI is InChI=1S/C26H25NO4/c1-19(22-13-8-14-24(16-22)30-17-21-11-6-3-7-12-21)25(28)27-23(18-31-26(27)29)15-20-9-4-2-5-10-20/h2-14,16,19,23H,15,17-18H2,1H3/t19-,23-/m0/s1. The summed E-state index contributed by atoms with van der Waals surface area (Å²) >= 11 is 0. The van der Waals surface area contributed by atoms with Crippen molar-refractivity contribution in [2.45, 2.75) is 31.9 Å². The molecule has 2 atom stereocenters. The van der Waals surface area contributed by atoms with E-state index in [1.807, 2.05) is 91.9 Å². The van der Waals surface area contributed by atoms with Crippen LogP contribution in [0.5, 0.6) is 5.75 Å². The van der Waals surface area contributed by atoms with E-state index in [0.29, 0.717) is 18.8 Å². The van der Waals surface area contributed by atoms with Crippen molar-refractivity contribution in [1.82, 2.24) is 4.90 Å². The molecule has 1 saturated heterocycles. The van der Waals surface area contributed by atoms with Crippen LogP contribution >= 0.6 is 0 Å². The maximum atomic E-state index is 13.2. The van der Waals surface area contributed by atoms with Crippen LogP contribution in [0.2, 0.25) is 0 Å². The van der Waals surface area contributed by atoms with Gasteiger partial charge in [-0.1, -0.05) is 72.8 Å². The highest BCUT2D eigenvalue weighted by atomic mass is 16.6. The number of imide groups is 1. The van der Waals surface area contributed by atoms with E-state index in [0.717, 1.165) is 16.7 Å². The van der Waals surface area contributed by atoms with Gasteiger partial charge in [0.25, 0.3) is 0 Å². The molecule has 158 valence electrons. The summed E-state index contributed by atoms with van der Waals surface area (Å²) in [5, 5.41) is 0. The molecule has 0 unspecified atom stereocenters. The number of hydrogen-bond acceptors (Lipinski definition) is 4. The number of ether oxygens (including phenoxy) is 2. The first-order chi connectivity index (χ1) is 15.1. The first-order valence-electron chi connectivity index (χ1n) is 10.4. The minimum absolute atomic E-state index is 0.215. The van der Waals surface area contributed by atoms with Gasteiger partial charge in [-0.15, -0.1) is 0 Å². The number of amides is 2. The molecule has 1 aliphatic rings. The number of cyclic esters (lactones) is 1. The van der Waals surface area contributed by atoms with Crippen molar-refractivity contribution in [3.63, 3.8) is 0 Å². The molecule has 0 saturated carbocycles. The second kappa shape index (κ2) is 9.47. The summed E-state index contributed by atoms with van der Waals surface area (Å²) < 4.78 is 11.1. The Morgan fingerprint density at radius 3 is 2.39 bits per heavy atom. The van der Waals surface area contributed by atoms with Crippen molar-refractivity contribution >= 4 is 12.0 Å². The van der Waals surface area contributed by atoms with Crippen LogP contribution in [0.1, 0.15) is 29.5 Å². The van der Waals surface area contributed by atoms with Gasteiger partial charge in [0.05, 0.1) is 12.0 Å². The van der Waals surface area contributed by atoms with Crippen LogP contribution < -0.4 is 4.74 Å². The number of benzene rings is 3. The van der Waals surface area contributed by atoms with E-state index in [4.69, 9.17) is 9.47 Å². The Hall–Kier alpha value is -3.60. The summed E-state index contributed by atoms with van der Waals surface area (Å²) in [6.45, 7) is 2.47. The van der Waals surface area contributed by atoms with Crippen molar-refractivity contribution in [2.75, 3.05) is 6.61 Å². The fourth-order valence-corrected chi connectivity index (χ4v) is 3.73. The normalized spacial score (nSPS) is 16.6. The average Bonchev–Trinajstić information content (AvgIpc) is 3.18. The Bertz CT molecular complexity index is 1040. The van der Waals surface area contributed by atoms with Crippen molar-refractivity contribution < 1.29 is 19.1 Å². The zero-order chi connectivity index (χ0) is 21.6. The summed E-state index contributed by atoms with van der Waals surface area (Å²) in [5.74, 6) is -0.0707. The van der Waals surface area contributed by atoms with Crippen molar-refractivity contribution in [3.05, 3.63) is 102 Å². The van der Waals surface area contributed by atoms with E-state index >= 15 is 0 Å². The maximum absolute atomic E-state index is 13.2. The van der Waals surface area contributed by atoms with E-state index < -0.39 is 12.0 Å². The second-order valence-electron chi connectivity index (χ2n) is 7.70. The molecule has 4 rings (SSSR count). The number of rotatable bonds is 7. The molecule has 0 aliphatic carbocycles. The van der Waals surface area contributed by atoms with Gasteiger partial charge in [-0.25, -0.2) is 9.69 Å². The van der Waals surface area contributed by atoms with Crippen LogP contribution in [-0.2, 0) is 22.6 Å². The lowest BCUT2D eigenvalue weighted by Gasteiger charge is -2.23.